The van der Waals surface area contributed by atoms with E-state index in [4.69, 9.17) is 0 Å². The maximum Gasteiger partial charge on any atom is 0.296 e. The van der Waals surface area contributed by atoms with Crippen molar-refractivity contribution < 1.29 is 4.79 Å². The lowest BCUT2D eigenvalue weighted by atomic mass is 10.2. The molecule has 0 saturated heterocycles. The molecule has 0 saturated carbocycles. The number of carbonyl (C=O) groups excluding carboxylic acids is 1. The first-order chi connectivity index (χ1) is 15.3. The summed E-state index contributed by atoms with van der Waals surface area (Å²) in [4.78, 5) is 34.1. The standard InChI is InChI=1S/C24H24N4O2S2/c1-15(2)14-32-24-25-19(13-20-16(3)11-12-31-20)22(29)27(24)21-17(4)26(5)28(23(21)30)18-9-7-6-8-10-18/h6-13H,1,14H2,2-5H3/b19-13-. The molecule has 1 aliphatic heterocycles. The van der Waals surface area contributed by atoms with E-state index in [9.17, 15) is 9.59 Å². The minimum atomic E-state index is -0.298. The number of nitrogens with zero attached hydrogens (tertiary/aromatic N) is 4. The Hall–Kier alpha value is -3.10. The lowest BCUT2D eigenvalue weighted by Crippen LogP contribution is -2.35. The van der Waals surface area contributed by atoms with Crippen molar-refractivity contribution in [2.45, 2.75) is 20.8 Å². The van der Waals surface area contributed by atoms with Gasteiger partial charge in [0.05, 0.1) is 11.4 Å². The highest BCUT2D eigenvalue weighted by Crippen LogP contribution is 2.32. The maximum absolute atomic E-state index is 13.6. The average Bonchev–Trinajstić information content (AvgIpc) is 3.37. The van der Waals surface area contributed by atoms with Gasteiger partial charge in [-0.15, -0.1) is 11.3 Å². The fraction of sp³-hybridized carbons (Fsp3) is 0.208. The quantitative estimate of drug-likeness (QED) is 0.398. The molecule has 1 aliphatic rings. The van der Waals surface area contributed by atoms with Crippen molar-refractivity contribution in [1.29, 1.82) is 0 Å². The number of amides is 1. The summed E-state index contributed by atoms with van der Waals surface area (Å²) in [7, 11) is 1.82. The Balaban J connectivity index is 1.85. The van der Waals surface area contributed by atoms with Crippen LogP contribution < -0.4 is 10.5 Å². The molecule has 2 aromatic heterocycles. The second-order valence-corrected chi connectivity index (χ2v) is 9.58. The van der Waals surface area contributed by atoms with Crippen LogP contribution in [0.15, 0.2) is 69.4 Å². The number of aryl methyl sites for hydroxylation is 1. The van der Waals surface area contributed by atoms with Gasteiger partial charge in [-0.25, -0.2) is 14.6 Å². The van der Waals surface area contributed by atoms with Crippen LogP contribution in [0.2, 0.25) is 0 Å². The van der Waals surface area contributed by atoms with Gasteiger partial charge < -0.3 is 0 Å². The van der Waals surface area contributed by atoms with Crippen molar-refractivity contribution in [2.75, 3.05) is 10.7 Å². The molecule has 8 heteroatoms. The zero-order chi connectivity index (χ0) is 23.0. The van der Waals surface area contributed by atoms with Crippen LogP contribution in [0.4, 0.5) is 5.69 Å². The lowest BCUT2D eigenvalue weighted by Gasteiger charge is -2.16. The number of hydrogen-bond acceptors (Lipinski definition) is 5. The van der Waals surface area contributed by atoms with Crippen LogP contribution in [-0.4, -0.2) is 26.2 Å². The van der Waals surface area contributed by atoms with Gasteiger partial charge in [-0.1, -0.05) is 42.1 Å². The van der Waals surface area contributed by atoms with E-state index in [2.05, 4.69) is 11.6 Å². The van der Waals surface area contributed by atoms with E-state index >= 15 is 0 Å². The molecule has 0 fully saturated rings. The predicted molar refractivity (Wildman–Crippen MR) is 135 cm³/mol. The minimum absolute atomic E-state index is 0.262. The molecule has 0 radical (unpaired) electrons. The summed E-state index contributed by atoms with van der Waals surface area (Å²) >= 11 is 2.97. The summed E-state index contributed by atoms with van der Waals surface area (Å²) in [5.41, 5.74) is 3.85. The molecule has 164 valence electrons. The Labute approximate surface area is 195 Å². The molecule has 3 aromatic rings. The molecule has 0 atom stereocenters. The molecule has 6 nitrogen and oxygen atoms in total. The van der Waals surface area contributed by atoms with Crippen molar-refractivity contribution in [1.82, 2.24) is 9.36 Å². The Kier molecular flexibility index (Phi) is 6.08. The van der Waals surface area contributed by atoms with Crippen LogP contribution in [-0.2, 0) is 11.8 Å². The van der Waals surface area contributed by atoms with Crippen LogP contribution >= 0.6 is 23.1 Å². The van der Waals surface area contributed by atoms with Crippen LogP contribution in [0.25, 0.3) is 11.8 Å². The number of aliphatic imine (C=N–C) groups is 1. The molecule has 3 heterocycles. The van der Waals surface area contributed by atoms with Gasteiger partial charge in [0.25, 0.3) is 11.5 Å². The molecule has 0 spiro atoms. The molecular formula is C24H24N4O2S2. The number of rotatable bonds is 5. The Morgan fingerprint density at radius 3 is 2.53 bits per heavy atom. The number of para-hydroxylation sites is 1. The van der Waals surface area contributed by atoms with Crippen molar-refractivity contribution in [2.24, 2.45) is 12.0 Å². The van der Waals surface area contributed by atoms with Gasteiger partial charge in [-0.05, 0) is 56.0 Å². The van der Waals surface area contributed by atoms with Gasteiger partial charge >= 0.3 is 0 Å². The normalized spacial score (nSPS) is 15.0. The smallest absolute Gasteiger partial charge is 0.283 e. The highest BCUT2D eigenvalue weighted by molar-refractivity contribution is 8.14. The summed E-state index contributed by atoms with van der Waals surface area (Å²) in [6.07, 6.45) is 1.80. The molecule has 0 N–H and O–H groups in total. The summed E-state index contributed by atoms with van der Waals surface area (Å²) < 4.78 is 3.34. The molecule has 4 rings (SSSR count). The number of aromatic nitrogens is 2. The third kappa shape index (κ3) is 3.91. The van der Waals surface area contributed by atoms with Crippen molar-refractivity contribution >= 4 is 45.9 Å². The minimum Gasteiger partial charge on any atom is -0.283 e. The summed E-state index contributed by atoms with van der Waals surface area (Å²) in [5.74, 6) is 0.306. The Morgan fingerprint density at radius 2 is 1.91 bits per heavy atom. The van der Waals surface area contributed by atoms with Gasteiger partial charge in [0.1, 0.15) is 11.4 Å². The van der Waals surface area contributed by atoms with E-state index in [0.29, 0.717) is 28.0 Å². The zero-order valence-electron chi connectivity index (χ0n) is 18.5. The lowest BCUT2D eigenvalue weighted by molar-refractivity contribution is -0.113. The summed E-state index contributed by atoms with van der Waals surface area (Å²) in [6.45, 7) is 9.73. The number of benzene rings is 1. The van der Waals surface area contributed by atoms with Gasteiger partial charge in [0.15, 0.2) is 5.17 Å². The zero-order valence-corrected chi connectivity index (χ0v) is 20.1. The van der Waals surface area contributed by atoms with E-state index < -0.39 is 0 Å². The Morgan fingerprint density at radius 1 is 1.19 bits per heavy atom. The topological polar surface area (TPSA) is 59.6 Å². The number of anilines is 1. The molecule has 1 amide bonds. The van der Waals surface area contributed by atoms with Crippen molar-refractivity contribution in [3.05, 3.63) is 86.1 Å². The van der Waals surface area contributed by atoms with Gasteiger partial charge in [0.2, 0.25) is 0 Å². The average molecular weight is 465 g/mol. The van der Waals surface area contributed by atoms with E-state index in [-0.39, 0.29) is 11.5 Å². The second kappa shape index (κ2) is 8.80. The highest BCUT2D eigenvalue weighted by Gasteiger charge is 2.36. The maximum atomic E-state index is 13.6. The SMILES string of the molecule is C=C(C)CSC1=N/C(=C\c2sccc2C)C(=O)N1c1c(C)n(C)n(-c2ccccc2)c1=O. The van der Waals surface area contributed by atoms with Crippen LogP contribution in [0, 0.1) is 13.8 Å². The number of carbonyl (C=O) groups is 1. The molecule has 0 unspecified atom stereocenters. The van der Waals surface area contributed by atoms with E-state index in [0.717, 1.165) is 21.7 Å². The van der Waals surface area contributed by atoms with E-state index in [1.165, 1.54) is 16.7 Å². The van der Waals surface area contributed by atoms with Crippen molar-refractivity contribution in [3.63, 3.8) is 0 Å². The number of thioether (sulfide) groups is 1. The van der Waals surface area contributed by atoms with Gasteiger partial charge in [-0.3, -0.25) is 14.3 Å². The third-order valence-corrected chi connectivity index (χ3v) is 7.33. The Bertz CT molecular complexity index is 1330. The molecular weight excluding hydrogens is 440 g/mol. The first kappa shape index (κ1) is 22.1. The number of amidine groups is 1. The predicted octanol–water partition coefficient (Wildman–Crippen LogP) is 4.91. The van der Waals surface area contributed by atoms with Gasteiger partial charge in [-0.2, -0.15) is 0 Å². The molecule has 0 bridgehead atoms. The van der Waals surface area contributed by atoms with E-state index in [1.54, 1.807) is 26.8 Å². The van der Waals surface area contributed by atoms with Gasteiger partial charge in [0, 0.05) is 17.7 Å². The van der Waals surface area contributed by atoms with E-state index in [1.807, 2.05) is 69.6 Å². The fourth-order valence-electron chi connectivity index (χ4n) is 3.45. The first-order valence-electron chi connectivity index (χ1n) is 10.1. The first-order valence-corrected chi connectivity index (χ1v) is 12.0. The largest absolute Gasteiger partial charge is 0.296 e. The number of thiophene rings is 1. The molecule has 0 aliphatic carbocycles. The molecule has 32 heavy (non-hydrogen) atoms. The second-order valence-electron chi connectivity index (χ2n) is 7.69. The summed E-state index contributed by atoms with van der Waals surface area (Å²) in [6, 6.07) is 11.4. The number of hydrogen-bond donors (Lipinski definition) is 0. The molecule has 1 aromatic carbocycles. The highest BCUT2D eigenvalue weighted by atomic mass is 32.2. The van der Waals surface area contributed by atoms with Crippen molar-refractivity contribution in [3.8, 4) is 5.69 Å². The third-order valence-electron chi connectivity index (χ3n) is 5.19. The van der Waals surface area contributed by atoms with Crippen LogP contribution in [0.1, 0.15) is 23.1 Å². The summed E-state index contributed by atoms with van der Waals surface area (Å²) in [5, 5.41) is 2.48. The fourth-order valence-corrected chi connectivity index (χ4v) is 5.14. The van der Waals surface area contributed by atoms with Crippen LogP contribution in [0.5, 0.6) is 0 Å². The monoisotopic (exact) mass is 464 g/mol. The van der Waals surface area contributed by atoms with Crippen LogP contribution in [0.3, 0.4) is 0 Å².